The zero-order valence-electron chi connectivity index (χ0n) is 7.15. The Labute approximate surface area is 78.6 Å². The second-order valence-corrected chi connectivity index (χ2v) is 2.80. The van der Waals surface area contributed by atoms with Crippen molar-refractivity contribution in [2.75, 3.05) is 0 Å². The second-order valence-electron chi connectivity index (χ2n) is 2.80. The summed E-state index contributed by atoms with van der Waals surface area (Å²) >= 11 is 0. The van der Waals surface area contributed by atoms with Crippen LogP contribution in [0, 0.1) is 0 Å². The van der Waals surface area contributed by atoms with Crippen molar-refractivity contribution in [3.05, 3.63) is 40.4 Å². The maximum atomic E-state index is 11.0. The number of hydrogen-bond donors (Lipinski definition) is 2. The van der Waals surface area contributed by atoms with Gasteiger partial charge in [-0.3, -0.25) is 4.79 Å². The number of carbonyl (C=O) groups excluding carboxylic acids is 1. The van der Waals surface area contributed by atoms with Crippen LogP contribution < -0.4 is 11.4 Å². The number of nitrogens with two attached hydrogens (primary N) is 1. The topological polar surface area (TPSA) is 88.8 Å². The van der Waals surface area contributed by atoms with Gasteiger partial charge in [-0.2, -0.15) is 4.98 Å². The lowest BCUT2D eigenvalue weighted by Gasteiger charge is -1.99. The van der Waals surface area contributed by atoms with E-state index in [1.165, 1.54) is 0 Å². The van der Waals surface area contributed by atoms with Gasteiger partial charge in [-0.15, -0.1) is 0 Å². The summed E-state index contributed by atoms with van der Waals surface area (Å²) in [6.45, 7) is 0. The second kappa shape index (κ2) is 2.95. The first kappa shape index (κ1) is 8.43. The van der Waals surface area contributed by atoms with Crippen LogP contribution in [0.3, 0.4) is 0 Å². The van der Waals surface area contributed by atoms with Gasteiger partial charge in [0.15, 0.2) is 0 Å². The molecule has 14 heavy (non-hydrogen) atoms. The van der Waals surface area contributed by atoms with Gasteiger partial charge in [-0.25, -0.2) is 4.79 Å². The molecule has 2 rings (SSSR count). The molecule has 0 unspecified atom stereocenters. The van der Waals surface area contributed by atoms with Crippen LogP contribution in [0.5, 0.6) is 0 Å². The average molecular weight is 189 g/mol. The molecule has 0 bridgehead atoms. The Hall–Kier alpha value is -2.17. The summed E-state index contributed by atoms with van der Waals surface area (Å²) < 4.78 is 0. The Morgan fingerprint density at radius 2 is 2.07 bits per heavy atom. The molecule has 70 valence electrons. The molecule has 0 aliphatic carbocycles. The highest BCUT2D eigenvalue weighted by Crippen LogP contribution is 2.11. The first-order chi connectivity index (χ1) is 6.68. The maximum Gasteiger partial charge on any atom is 0.346 e. The molecule has 0 saturated heterocycles. The number of fused-ring (bicyclic) bond motifs is 1. The fourth-order valence-electron chi connectivity index (χ4n) is 1.29. The fourth-order valence-corrected chi connectivity index (χ4v) is 1.29. The number of rotatable bonds is 1. The highest BCUT2D eigenvalue weighted by molar-refractivity contribution is 6.03. The zero-order chi connectivity index (χ0) is 10.1. The van der Waals surface area contributed by atoms with Gasteiger partial charge >= 0.3 is 5.69 Å². The van der Waals surface area contributed by atoms with E-state index in [2.05, 4.69) is 9.97 Å². The molecule has 0 aliphatic heterocycles. The number of aromatic nitrogens is 2. The minimum absolute atomic E-state index is 0.00403. The number of nitrogens with zero attached hydrogens (tertiary/aromatic N) is 1. The molecule has 0 spiro atoms. The first-order valence-corrected chi connectivity index (χ1v) is 3.97. The van der Waals surface area contributed by atoms with Crippen LogP contribution in [0.2, 0.25) is 0 Å². The number of benzene rings is 1. The number of primary amides is 1. The van der Waals surface area contributed by atoms with E-state index in [0.29, 0.717) is 10.9 Å². The summed E-state index contributed by atoms with van der Waals surface area (Å²) in [4.78, 5) is 28.0. The van der Waals surface area contributed by atoms with Crippen LogP contribution in [0.25, 0.3) is 10.9 Å². The van der Waals surface area contributed by atoms with Gasteiger partial charge in [0.2, 0.25) is 0 Å². The summed E-state index contributed by atoms with van der Waals surface area (Å²) in [6.07, 6.45) is 0. The number of aromatic amines is 1. The van der Waals surface area contributed by atoms with Crippen molar-refractivity contribution in [1.29, 1.82) is 0 Å². The van der Waals surface area contributed by atoms with Crippen LogP contribution in [-0.4, -0.2) is 15.9 Å². The van der Waals surface area contributed by atoms with Crippen LogP contribution in [0.15, 0.2) is 29.1 Å². The van der Waals surface area contributed by atoms with E-state index >= 15 is 0 Å². The van der Waals surface area contributed by atoms with Crippen LogP contribution in [0.1, 0.15) is 10.5 Å². The van der Waals surface area contributed by atoms with E-state index in [9.17, 15) is 9.59 Å². The van der Waals surface area contributed by atoms with Crippen molar-refractivity contribution in [2.24, 2.45) is 5.73 Å². The Morgan fingerprint density at radius 1 is 1.36 bits per heavy atom. The highest BCUT2D eigenvalue weighted by atomic mass is 16.2. The molecular weight excluding hydrogens is 182 g/mol. The summed E-state index contributed by atoms with van der Waals surface area (Å²) in [5.41, 5.74) is 5.08. The predicted molar refractivity (Wildman–Crippen MR) is 50.9 cm³/mol. The summed E-state index contributed by atoms with van der Waals surface area (Å²) in [5.74, 6) is -0.702. The molecule has 1 amide bonds. The van der Waals surface area contributed by atoms with Crippen molar-refractivity contribution >= 4 is 16.8 Å². The predicted octanol–water partition coefficient (Wildman–Crippen LogP) is 0.0220. The molecule has 1 heterocycles. The van der Waals surface area contributed by atoms with Gasteiger partial charge < -0.3 is 10.7 Å². The van der Waals surface area contributed by atoms with Gasteiger partial charge in [0, 0.05) is 5.39 Å². The van der Waals surface area contributed by atoms with E-state index < -0.39 is 11.6 Å². The Bertz CT molecular complexity index is 559. The monoisotopic (exact) mass is 189 g/mol. The molecule has 0 fully saturated rings. The first-order valence-electron chi connectivity index (χ1n) is 3.97. The van der Waals surface area contributed by atoms with E-state index in [-0.39, 0.29) is 5.69 Å². The van der Waals surface area contributed by atoms with E-state index in [1.54, 1.807) is 24.3 Å². The molecule has 0 saturated carbocycles. The maximum absolute atomic E-state index is 11.0. The number of nitrogens with one attached hydrogen (secondary N) is 1. The minimum atomic E-state index is -0.702. The lowest BCUT2D eigenvalue weighted by molar-refractivity contribution is 0.0997. The summed E-state index contributed by atoms with van der Waals surface area (Å²) in [5, 5.41) is 0.555. The third kappa shape index (κ3) is 1.24. The number of carbonyl (C=O) groups is 1. The molecule has 2 aromatic rings. The molecular formula is C9H7N3O2. The zero-order valence-corrected chi connectivity index (χ0v) is 7.15. The third-order valence-corrected chi connectivity index (χ3v) is 1.87. The van der Waals surface area contributed by atoms with Crippen LogP contribution in [0.4, 0.5) is 0 Å². The van der Waals surface area contributed by atoms with Crippen molar-refractivity contribution < 1.29 is 4.79 Å². The van der Waals surface area contributed by atoms with Gasteiger partial charge in [0.1, 0.15) is 5.69 Å². The number of hydrogen-bond acceptors (Lipinski definition) is 3. The van der Waals surface area contributed by atoms with Crippen LogP contribution >= 0.6 is 0 Å². The van der Waals surface area contributed by atoms with Gasteiger partial charge in [0.25, 0.3) is 5.91 Å². The summed E-state index contributed by atoms with van der Waals surface area (Å²) in [6, 6.07) is 6.86. The number of H-pyrrole nitrogens is 1. The Balaban J connectivity index is 2.94. The van der Waals surface area contributed by atoms with Crippen molar-refractivity contribution in [2.45, 2.75) is 0 Å². The molecule has 0 atom stereocenters. The Morgan fingerprint density at radius 3 is 2.79 bits per heavy atom. The standard InChI is InChI=1S/C9H7N3O2/c10-8(13)7-5-3-1-2-4-6(5)11-9(14)12-7/h1-4H,(H2,10,13)(H,11,12,14). The largest absolute Gasteiger partial charge is 0.364 e. The Kier molecular flexibility index (Phi) is 1.78. The highest BCUT2D eigenvalue weighted by Gasteiger charge is 2.08. The molecule has 1 aromatic heterocycles. The molecule has 5 nitrogen and oxygen atoms in total. The number of amides is 1. The molecule has 0 aliphatic rings. The molecule has 0 radical (unpaired) electrons. The van der Waals surface area contributed by atoms with Crippen LogP contribution in [-0.2, 0) is 0 Å². The fraction of sp³-hybridized carbons (Fsp3) is 0. The van der Waals surface area contributed by atoms with E-state index in [4.69, 9.17) is 5.73 Å². The number of para-hydroxylation sites is 1. The normalized spacial score (nSPS) is 10.3. The van der Waals surface area contributed by atoms with Gasteiger partial charge in [0.05, 0.1) is 5.52 Å². The average Bonchev–Trinajstić information content (AvgIpc) is 2.16. The van der Waals surface area contributed by atoms with E-state index in [1.807, 2.05) is 0 Å². The summed E-state index contributed by atoms with van der Waals surface area (Å²) in [7, 11) is 0. The van der Waals surface area contributed by atoms with Crippen molar-refractivity contribution in [3.63, 3.8) is 0 Å². The van der Waals surface area contributed by atoms with Gasteiger partial charge in [-0.05, 0) is 6.07 Å². The molecule has 3 N–H and O–H groups in total. The molecule has 1 aromatic carbocycles. The van der Waals surface area contributed by atoms with E-state index in [0.717, 1.165) is 0 Å². The quantitative estimate of drug-likeness (QED) is 0.662. The van der Waals surface area contributed by atoms with Crippen molar-refractivity contribution in [1.82, 2.24) is 9.97 Å². The smallest absolute Gasteiger partial charge is 0.346 e. The minimum Gasteiger partial charge on any atom is -0.364 e. The lowest BCUT2D eigenvalue weighted by Crippen LogP contribution is -2.21. The van der Waals surface area contributed by atoms with Crippen molar-refractivity contribution in [3.8, 4) is 0 Å². The SMILES string of the molecule is NC(=O)c1nc(=O)[nH]c2ccccc12. The lowest BCUT2D eigenvalue weighted by atomic mass is 10.2. The van der Waals surface area contributed by atoms with Gasteiger partial charge in [-0.1, -0.05) is 18.2 Å². The third-order valence-electron chi connectivity index (χ3n) is 1.87. The molecule has 5 heteroatoms.